The maximum Gasteiger partial charge on any atom is 0.241 e. The lowest BCUT2D eigenvalue weighted by Crippen LogP contribution is -2.51. The van der Waals surface area contributed by atoms with Crippen LogP contribution in [0.2, 0.25) is 0 Å². The summed E-state index contributed by atoms with van der Waals surface area (Å²) >= 11 is 2.75. The van der Waals surface area contributed by atoms with Gasteiger partial charge in [0.1, 0.15) is 11.0 Å². The second-order valence-electron chi connectivity index (χ2n) is 6.17. The molecule has 2 amide bonds. The van der Waals surface area contributed by atoms with Crippen LogP contribution in [0.4, 0.5) is 5.13 Å². The average molecular weight is 392 g/mol. The number of aromatic nitrogens is 1. The highest BCUT2D eigenvalue weighted by Crippen LogP contribution is 2.39. The molecule has 1 fully saturated rings. The Morgan fingerprint density at radius 1 is 1.35 bits per heavy atom. The fourth-order valence-electron chi connectivity index (χ4n) is 3.05. The summed E-state index contributed by atoms with van der Waals surface area (Å²) in [6, 6.07) is 7.20. The third-order valence-electron chi connectivity index (χ3n) is 4.20. The van der Waals surface area contributed by atoms with Crippen LogP contribution in [0.3, 0.4) is 0 Å². The number of anilines is 1. The molecule has 2 heterocycles. The van der Waals surface area contributed by atoms with Crippen LogP contribution in [0.25, 0.3) is 0 Å². The first kappa shape index (κ1) is 18.7. The lowest BCUT2D eigenvalue weighted by molar-refractivity contribution is -0.134. The number of nitrogens with one attached hydrogen (secondary N) is 1. The minimum absolute atomic E-state index is 0.00864. The maximum absolute atomic E-state index is 12.9. The fourth-order valence-corrected chi connectivity index (χ4v) is 4.74. The number of thioether (sulfide) groups is 1. The summed E-state index contributed by atoms with van der Waals surface area (Å²) in [5.41, 5.74) is 0.916. The monoisotopic (exact) mass is 391 g/mol. The van der Waals surface area contributed by atoms with Gasteiger partial charge in [0.15, 0.2) is 5.13 Å². The molecule has 2 aromatic rings. The van der Waals surface area contributed by atoms with Crippen LogP contribution in [-0.2, 0) is 9.59 Å². The van der Waals surface area contributed by atoms with Crippen LogP contribution < -0.4 is 10.1 Å². The van der Waals surface area contributed by atoms with Crippen molar-refractivity contribution in [2.24, 2.45) is 0 Å². The van der Waals surface area contributed by atoms with E-state index in [9.17, 15) is 9.59 Å². The highest BCUT2D eigenvalue weighted by atomic mass is 32.2. The molecule has 1 saturated heterocycles. The molecule has 0 radical (unpaired) electrons. The van der Waals surface area contributed by atoms with Gasteiger partial charge in [0.25, 0.3) is 0 Å². The third kappa shape index (κ3) is 3.86. The number of amides is 2. The van der Waals surface area contributed by atoms with Gasteiger partial charge in [-0.1, -0.05) is 12.1 Å². The Labute approximate surface area is 160 Å². The van der Waals surface area contributed by atoms with Crippen molar-refractivity contribution in [1.29, 1.82) is 0 Å². The average Bonchev–Trinajstić information content (AvgIpc) is 3.14. The number of benzene rings is 1. The van der Waals surface area contributed by atoms with Gasteiger partial charge in [0.05, 0.1) is 18.9 Å². The Bertz CT molecular complexity index is 762. The second kappa shape index (κ2) is 8.09. The molecule has 138 valence electrons. The third-order valence-corrected chi connectivity index (χ3v) is 6.13. The lowest BCUT2D eigenvalue weighted by atomic mass is 9.98. The fraction of sp³-hybridized carbons (Fsp3) is 0.389. The second-order valence-corrected chi connectivity index (χ2v) is 8.20. The van der Waals surface area contributed by atoms with E-state index >= 15 is 0 Å². The molecule has 0 spiro atoms. The molecule has 1 aromatic heterocycles. The van der Waals surface area contributed by atoms with Crippen molar-refractivity contribution in [2.45, 2.75) is 31.2 Å². The number of rotatable bonds is 5. The first-order valence-corrected chi connectivity index (χ1v) is 10.2. The molecular weight excluding hydrogens is 370 g/mol. The van der Waals surface area contributed by atoms with Gasteiger partial charge in [-0.05, 0) is 31.5 Å². The largest absolute Gasteiger partial charge is 0.497 e. The number of carbonyl (C=O) groups is 2. The topological polar surface area (TPSA) is 71.5 Å². The molecule has 2 atom stereocenters. The Kier molecular flexibility index (Phi) is 5.83. The van der Waals surface area contributed by atoms with Gasteiger partial charge in [-0.3, -0.25) is 9.59 Å². The summed E-state index contributed by atoms with van der Waals surface area (Å²) < 4.78 is 5.22. The van der Waals surface area contributed by atoms with Crippen molar-refractivity contribution in [1.82, 2.24) is 9.88 Å². The van der Waals surface area contributed by atoms with Gasteiger partial charge in [0.2, 0.25) is 11.8 Å². The van der Waals surface area contributed by atoms with E-state index in [1.165, 1.54) is 23.1 Å². The summed E-state index contributed by atoms with van der Waals surface area (Å²) in [5, 5.41) is 4.84. The standard InChI is InChI=1S/C18H21N3O3S2/c1-11(2)21-14(22)10-26-16(17(23)20-18-19-8-9-25-18)15(21)12-4-6-13(24-3)7-5-12/h4-9,11,15-16H,10H2,1-3H3,(H,19,20,23). The van der Waals surface area contributed by atoms with Gasteiger partial charge < -0.3 is 15.0 Å². The zero-order valence-corrected chi connectivity index (χ0v) is 16.5. The Hall–Kier alpha value is -2.06. The summed E-state index contributed by atoms with van der Waals surface area (Å²) in [6.07, 6.45) is 1.65. The highest BCUT2D eigenvalue weighted by Gasteiger charge is 2.42. The van der Waals surface area contributed by atoms with Crippen molar-refractivity contribution in [3.63, 3.8) is 0 Å². The molecule has 0 aliphatic carbocycles. The van der Waals surface area contributed by atoms with Crippen molar-refractivity contribution in [3.05, 3.63) is 41.4 Å². The molecule has 1 N–H and O–H groups in total. The maximum atomic E-state index is 12.9. The smallest absolute Gasteiger partial charge is 0.241 e. The molecule has 1 aromatic carbocycles. The first-order chi connectivity index (χ1) is 12.5. The molecular formula is C18H21N3O3S2. The molecule has 26 heavy (non-hydrogen) atoms. The van der Waals surface area contributed by atoms with E-state index in [4.69, 9.17) is 4.74 Å². The highest BCUT2D eigenvalue weighted by molar-refractivity contribution is 8.01. The number of ether oxygens (including phenoxy) is 1. The SMILES string of the molecule is COc1ccc(C2C(C(=O)Nc3nccs3)SCC(=O)N2C(C)C)cc1. The van der Waals surface area contributed by atoms with Crippen LogP contribution in [0, 0.1) is 0 Å². The Morgan fingerprint density at radius 3 is 2.65 bits per heavy atom. The molecule has 2 unspecified atom stereocenters. The lowest BCUT2D eigenvalue weighted by Gasteiger charge is -2.42. The van der Waals surface area contributed by atoms with Crippen molar-refractivity contribution in [3.8, 4) is 5.75 Å². The van der Waals surface area contributed by atoms with Crippen LogP contribution in [0.1, 0.15) is 25.5 Å². The normalized spacial score (nSPS) is 20.3. The van der Waals surface area contributed by atoms with Crippen molar-refractivity contribution >= 4 is 40.0 Å². The molecule has 1 aliphatic rings. The summed E-state index contributed by atoms with van der Waals surface area (Å²) in [6.45, 7) is 3.94. The van der Waals surface area contributed by atoms with Crippen LogP contribution >= 0.6 is 23.1 Å². The number of carbonyl (C=O) groups excluding carboxylic acids is 2. The zero-order valence-electron chi connectivity index (χ0n) is 14.8. The quantitative estimate of drug-likeness (QED) is 0.848. The van der Waals surface area contributed by atoms with Gasteiger partial charge >= 0.3 is 0 Å². The molecule has 0 saturated carbocycles. The van der Waals surface area contributed by atoms with E-state index in [2.05, 4.69) is 10.3 Å². The van der Waals surface area contributed by atoms with Crippen molar-refractivity contribution in [2.75, 3.05) is 18.2 Å². The van der Waals surface area contributed by atoms with E-state index in [1.54, 1.807) is 13.3 Å². The van der Waals surface area contributed by atoms with E-state index in [0.29, 0.717) is 10.9 Å². The Balaban J connectivity index is 1.94. The van der Waals surface area contributed by atoms with E-state index in [1.807, 2.05) is 48.4 Å². The predicted molar refractivity (Wildman–Crippen MR) is 105 cm³/mol. The van der Waals surface area contributed by atoms with Crippen molar-refractivity contribution < 1.29 is 14.3 Å². The van der Waals surface area contributed by atoms with E-state index in [0.717, 1.165) is 11.3 Å². The minimum Gasteiger partial charge on any atom is -0.497 e. The molecule has 0 bridgehead atoms. The number of thiazole rings is 1. The van der Waals surface area contributed by atoms with Gasteiger partial charge in [-0.25, -0.2) is 4.98 Å². The molecule has 8 heteroatoms. The minimum atomic E-state index is -0.410. The van der Waals surface area contributed by atoms with E-state index in [-0.39, 0.29) is 23.9 Å². The molecule has 1 aliphatic heterocycles. The molecule has 3 rings (SSSR count). The summed E-state index contributed by atoms with van der Waals surface area (Å²) in [5.74, 6) is 0.942. The number of methoxy groups -OCH3 is 1. The van der Waals surface area contributed by atoms with Gasteiger partial charge in [-0.15, -0.1) is 23.1 Å². The van der Waals surface area contributed by atoms with Crippen LogP contribution in [0.5, 0.6) is 5.75 Å². The predicted octanol–water partition coefficient (Wildman–Crippen LogP) is 3.18. The van der Waals surface area contributed by atoms with E-state index < -0.39 is 5.25 Å². The van der Waals surface area contributed by atoms with Crippen LogP contribution in [0.15, 0.2) is 35.8 Å². The number of hydrogen-bond donors (Lipinski definition) is 1. The zero-order chi connectivity index (χ0) is 18.7. The summed E-state index contributed by atoms with van der Waals surface area (Å²) in [7, 11) is 1.61. The molecule has 6 nitrogen and oxygen atoms in total. The van der Waals surface area contributed by atoms with Crippen LogP contribution in [-0.4, -0.2) is 45.9 Å². The number of hydrogen-bond acceptors (Lipinski definition) is 6. The summed E-state index contributed by atoms with van der Waals surface area (Å²) in [4.78, 5) is 31.4. The van der Waals surface area contributed by atoms with Gasteiger partial charge in [-0.2, -0.15) is 0 Å². The first-order valence-electron chi connectivity index (χ1n) is 8.28. The van der Waals surface area contributed by atoms with Gasteiger partial charge in [0, 0.05) is 17.6 Å². The Morgan fingerprint density at radius 2 is 2.08 bits per heavy atom. The number of nitrogens with zero attached hydrogens (tertiary/aromatic N) is 2.